The number of rotatable bonds is 2. The van der Waals surface area contributed by atoms with Gasteiger partial charge < -0.3 is 16.4 Å². The maximum absolute atomic E-state index is 11.6. The van der Waals surface area contributed by atoms with Gasteiger partial charge in [-0.1, -0.05) is 0 Å². The van der Waals surface area contributed by atoms with E-state index in [9.17, 15) is 9.59 Å². The molecule has 1 unspecified atom stereocenters. The molecule has 1 aromatic heterocycles. The van der Waals surface area contributed by atoms with Gasteiger partial charge in [0, 0.05) is 19.0 Å². The molecule has 86 valence electrons. The molecule has 2 heterocycles. The minimum atomic E-state index is -0.445. The molecule has 4 N–H and O–H groups in total. The van der Waals surface area contributed by atoms with Gasteiger partial charge in [-0.05, 0) is 16.7 Å². The number of nitrogens with two attached hydrogens (primary N) is 1. The number of aromatic nitrogens is 2. The summed E-state index contributed by atoms with van der Waals surface area (Å²) in [6.45, 7) is 0.412. The maximum atomic E-state index is 11.6. The summed E-state index contributed by atoms with van der Waals surface area (Å²) in [5.74, 6) is -0.495. The van der Waals surface area contributed by atoms with Crippen molar-refractivity contribution in [2.24, 2.45) is 0 Å². The van der Waals surface area contributed by atoms with E-state index in [2.05, 4.69) is 25.6 Å². The van der Waals surface area contributed by atoms with Crippen molar-refractivity contribution in [3.05, 3.63) is 5.69 Å². The average molecular weight is 225 g/mol. The van der Waals surface area contributed by atoms with E-state index in [1.807, 2.05) is 0 Å². The van der Waals surface area contributed by atoms with Crippen LogP contribution in [0.15, 0.2) is 4.63 Å². The van der Waals surface area contributed by atoms with Crippen LogP contribution in [-0.2, 0) is 4.79 Å². The number of piperidine rings is 1. The summed E-state index contributed by atoms with van der Waals surface area (Å²) >= 11 is 0. The third-order valence-corrected chi connectivity index (χ3v) is 2.33. The van der Waals surface area contributed by atoms with Gasteiger partial charge in [0.2, 0.25) is 17.4 Å². The van der Waals surface area contributed by atoms with Crippen LogP contribution in [0.3, 0.4) is 0 Å². The second-order valence-electron chi connectivity index (χ2n) is 3.51. The molecule has 0 radical (unpaired) electrons. The van der Waals surface area contributed by atoms with E-state index in [0.717, 1.165) is 0 Å². The average Bonchev–Trinajstić information content (AvgIpc) is 2.68. The molecule has 8 heteroatoms. The quantitative estimate of drug-likeness (QED) is 0.572. The van der Waals surface area contributed by atoms with E-state index in [-0.39, 0.29) is 23.5 Å². The minimum absolute atomic E-state index is 0.00637. The van der Waals surface area contributed by atoms with Crippen LogP contribution in [0.4, 0.5) is 5.82 Å². The predicted octanol–water partition coefficient (Wildman–Crippen LogP) is -1.34. The summed E-state index contributed by atoms with van der Waals surface area (Å²) in [6.07, 6.45) is 1.00. The van der Waals surface area contributed by atoms with Crippen molar-refractivity contribution in [2.75, 3.05) is 12.3 Å². The van der Waals surface area contributed by atoms with Crippen molar-refractivity contribution in [1.29, 1.82) is 0 Å². The second-order valence-corrected chi connectivity index (χ2v) is 3.51. The van der Waals surface area contributed by atoms with E-state index < -0.39 is 5.91 Å². The van der Waals surface area contributed by atoms with Gasteiger partial charge in [0.05, 0.1) is 0 Å². The van der Waals surface area contributed by atoms with Crippen molar-refractivity contribution < 1.29 is 14.2 Å². The predicted molar refractivity (Wildman–Crippen MR) is 52.2 cm³/mol. The third-order valence-electron chi connectivity index (χ3n) is 2.33. The third kappa shape index (κ3) is 2.10. The van der Waals surface area contributed by atoms with Gasteiger partial charge in [0.1, 0.15) is 0 Å². The molecule has 8 nitrogen and oxygen atoms in total. The Kier molecular flexibility index (Phi) is 2.71. The Morgan fingerprint density at radius 1 is 1.56 bits per heavy atom. The van der Waals surface area contributed by atoms with E-state index in [1.165, 1.54) is 0 Å². The molecule has 0 aliphatic carbocycles. The molecule has 1 aliphatic rings. The van der Waals surface area contributed by atoms with Crippen LogP contribution in [0.1, 0.15) is 23.3 Å². The summed E-state index contributed by atoms with van der Waals surface area (Å²) < 4.78 is 4.32. The van der Waals surface area contributed by atoms with E-state index in [4.69, 9.17) is 5.73 Å². The molecule has 2 rings (SSSR count). The normalized spacial score (nSPS) is 20.2. The fourth-order valence-electron chi connectivity index (χ4n) is 1.46. The number of amides is 2. The smallest absolute Gasteiger partial charge is 0.277 e. The Balaban J connectivity index is 1.93. The molecule has 1 saturated heterocycles. The zero-order chi connectivity index (χ0) is 11.5. The lowest BCUT2D eigenvalue weighted by Gasteiger charge is -2.22. The zero-order valence-electron chi connectivity index (χ0n) is 8.40. The number of nitrogen functional groups attached to an aromatic ring is 1. The maximum Gasteiger partial charge on any atom is 0.277 e. The van der Waals surface area contributed by atoms with Gasteiger partial charge in [0.25, 0.3) is 5.91 Å². The highest BCUT2D eigenvalue weighted by molar-refractivity contribution is 5.96. The van der Waals surface area contributed by atoms with Gasteiger partial charge in [0.15, 0.2) is 0 Å². The van der Waals surface area contributed by atoms with Crippen molar-refractivity contribution in [3.63, 3.8) is 0 Å². The summed E-state index contributed by atoms with van der Waals surface area (Å²) in [5.41, 5.74) is 5.34. The number of anilines is 1. The van der Waals surface area contributed by atoms with Crippen molar-refractivity contribution >= 4 is 17.6 Å². The first-order valence-electron chi connectivity index (χ1n) is 4.82. The minimum Gasteiger partial charge on any atom is -0.379 e. The lowest BCUT2D eigenvalue weighted by atomic mass is 10.1. The highest BCUT2D eigenvalue weighted by Gasteiger charge is 2.23. The standard InChI is InChI=1S/C8H11N5O3/c9-7-6(12-16-13-7)8(15)11-4-1-2-5(14)10-3-4/h4H,1-3H2,(H2,9,13)(H,10,14)(H,11,15). The fraction of sp³-hybridized carbons (Fsp3) is 0.500. The van der Waals surface area contributed by atoms with E-state index in [1.54, 1.807) is 0 Å². The summed E-state index contributed by atoms with van der Waals surface area (Å²) in [6, 6.07) is -0.110. The first-order chi connectivity index (χ1) is 7.66. The summed E-state index contributed by atoms with van der Waals surface area (Å²) in [4.78, 5) is 22.5. The fourth-order valence-corrected chi connectivity index (χ4v) is 1.46. The first kappa shape index (κ1) is 10.4. The molecule has 1 fully saturated rings. The van der Waals surface area contributed by atoms with Crippen LogP contribution in [0.2, 0.25) is 0 Å². The Bertz CT molecular complexity index is 406. The van der Waals surface area contributed by atoms with Crippen LogP contribution in [0.5, 0.6) is 0 Å². The zero-order valence-corrected chi connectivity index (χ0v) is 8.40. The van der Waals surface area contributed by atoms with E-state index in [0.29, 0.717) is 19.4 Å². The second kappa shape index (κ2) is 4.17. The number of nitrogens with zero attached hydrogens (tertiary/aromatic N) is 2. The number of hydrogen-bond acceptors (Lipinski definition) is 6. The van der Waals surface area contributed by atoms with Crippen LogP contribution >= 0.6 is 0 Å². The summed E-state index contributed by atoms with van der Waals surface area (Å²) in [7, 11) is 0. The molecule has 0 aromatic carbocycles. The highest BCUT2D eigenvalue weighted by atomic mass is 16.6. The Morgan fingerprint density at radius 3 is 2.94 bits per heavy atom. The van der Waals surface area contributed by atoms with Crippen LogP contribution < -0.4 is 16.4 Å². The number of carbonyl (C=O) groups excluding carboxylic acids is 2. The van der Waals surface area contributed by atoms with Crippen molar-refractivity contribution in [1.82, 2.24) is 20.9 Å². The van der Waals surface area contributed by atoms with Gasteiger partial charge in [-0.25, -0.2) is 4.63 Å². The summed E-state index contributed by atoms with van der Waals surface area (Å²) in [5, 5.41) is 12.0. The van der Waals surface area contributed by atoms with Crippen LogP contribution in [0, 0.1) is 0 Å². The van der Waals surface area contributed by atoms with Crippen LogP contribution in [0.25, 0.3) is 0 Å². The van der Waals surface area contributed by atoms with Crippen molar-refractivity contribution in [3.8, 4) is 0 Å². The molecular formula is C8H11N5O3. The SMILES string of the molecule is Nc1nonc1C(=O)NC1CCC(=O)NC1. The monoisotopic (exact) mass is 225 g/mol. The first-order valence-corrected chi connectivity index (χ1v) is 4.82. The molecule has 1 aromatic rings. The van der Waals surface area contributed by atoms with Gasteiger partial charge in [-0.2, -0.15) is 0 Å². The molecule has 2 amide bonds. The molecule has 0 saturated carbocycles. The topological polar surface area (TPSA) is 123 Å². The Hall–Kier alpha value is -2.12. The Morgan fingerprint density at radius 2 is 2.38 bits per heavy atom. The van der Waals surface area contributed by atoms with Gasteiger partial charge >= 0.3 is 0 Å². The van der Waals surface area contributed by atoms with E-state index >= 15 is 0 Å². The van der Waals surface area contributed by atoms with Gasteiger partial charge in [-0.15, -0.1) is 0 Å². The molecule has 16 heavy (non-hydrogen) atoms. The largest absolute Gasteiger partial charge is 0.379 e. The highest BCUT2D eigenvalue weighted by Crippen LogP contribution is 2.07. The molecule has 0 spiro atoms. The van der Waals surface area contributed by atoms with Gasteiger partial charge in [-0.3, -0.25) is 9.59 Å². The molecule has 1 atom stereocenters. The Labute approximate surface area is 90.5 Å². The lowest BCUT2D eigenvalue weighted by Crippen LogP contribution is -2.47. The molecular weight excluding hydrogens is 214 g/mol. The lowest BCUT2D eigenvalue weighted by molar-refractivity contribution is -0.122. The van der Waals surface area contributed by atoms with Crippen molar-refractivity contribution in [2.45, 2.75) is 18.9 Å². The molecule has 0 bridgehead atoms. The number of hydrogen-bond donors (Lipinski definition) is 3. The number of nitrogens with one attached hydrogen (secondary N) is 2. The molecule has 1 aliphatic heterocycles. The number of carbonyl (C=O) groups is 2. The van der Waals surface area contributed by atoms with Crippen LogP contribution in [-0.4, -0.2) is 34.7 Å².